The van der Waals surface area contributed by atoms with Gasteiger partial charge >= 0.3 is 0 Å². The molecule has 0 N–H and O–H groups in total. The average molecular weight is 245 g/mol. The van der Waals surface area contributed by atoms with Crippen molar-refractivity contribution in [2.45, 2.75) is 13.3 Å². The van der Waals surface area contributed by atoms with Gasteiger partial charge in [-0.2, -0.15) is 0 Å². The average Bonchev–Trinajstić information content (AvgIpc) is 2.48. The first-order valence-corrected chi connectivity index (χ1v) is 6.70. The Morgan fingerprint density at radius 3 is 2.37 bits per heavy atom. The number of rotatable bonds is 3. The van der Waals surface area contributed by atoms with E-state index < -0.39 is 0 Å². The van der Waals surface area contributed by atoms with Crippen LogP contribution in [0.2, 0.25) is 0 Å². The summed E-state index contributed by atoms with van der Waals surface area (Å²) >= 11 is 0. The van der Waals surface area contributed by atoms with Gasteiger partial charge in [-0.25, -0.2) is 0 Å². The fourth-order valence-corrected chi connectivity index (χ4v) is 2.51. The molecular weight excluding hydrogens is 228 g/mol. The highest BCUT2D eigenvalue weighted by Gasteiger charge is 2.03. The summed E-state index contributed by atoms with van der Waals surface area (Å²) < 4.78 is 0. The largest absolute Gasteiger partial charge is 0.0622 e. The van der Waals surface area contributed by atoms with E-state index in [0.717, 1.165) is 6.42 Å². The maximum atomic E-state index is 2.32. The van der Waals surface area contributed by atoms with Crippen molar-refractivity contribution in [3.8, 4) is 0 Å². The van der Waals surface area contributed by atoms with Crippen molar-refractivity contribution in [2.24, 2.45) is 0 Å². The normalized spacial score (nSPS) is 10.8. The maximum Gasteiger partial charge on any atom is -0.00465 e. The lowest BCUT2D eigenvalue weighted by Gasteiger charge is -2.09. The minimum atomic E-state index is 0.986. The highest BCUT2D eigenvalue weighted by Crippen LogP contribution is 2.23. The van der Waals surface area contributed by atoms with Gasteiger partial charge in [-0.15, -0.1) is 0 Å². The van der Waals surface area contributed by atoms with Crippen LogP contribution < -0.4 is 0 Å². The monoisotopic (exact) mass is 245 g/mol. The first kappa shape index (κ1) is 12.0. The van der Waals surface area contributed by atoms with E-state index in [1.165, 1.54) is 27.5 Å². The molecule has 0 saturated carbocycles. The molecule has 0 aromatic heterocycles. The van der Waals surface area contributed by atoms with Crippen molar-refractivity contribution in [3.05, 3.63) is 89.8 Å². The Balaban J connectivity index is 1.87. The molecule has 0 unspecified atom stereocenters. The molecule has 0 aliphatic heterocycles. The summed E-state index contributed by atoms with van der Waals surface area (Å²) in [5, 5.41) is 2.67. The first-order valence-electron chi connectivity index (χ1n) is 6.70. The Morgan fingerprint density at radius 2 is 1.53 bits per heavy atom. The summed E-state index contributed by atoms with van der Waals surface area (Å²) in [4.78, 5) is 0. The van der Waals surface area contributed by atoms with Crippen LogP contribution in [0.3, 0.4) is 0 Å². The summed E-state index contributed by atoms with van der Waals surface area (Å²) in [6, 6.07) is 23.6. The van der Waals surface area contributed by atoms with Crippen molar-refractivity contribution in [3.63, 3.8) is 0 Å². The molecule has 0 amide bonds. The zero-order chi connectivity index (χ0) is 13.1. The van der Waals surface area contributed by atoms with Crippen molar-refractivity contribution < 1.29 is 0 Å². The Labute approximate surface area is 114 Å². The van der Waals surface area contributed by atoms with E-state index in [1.807, 2.05) is 0 Å². The lowest BCUT2D eigenvalue weighted by atomic mass is 9.96. The SMILES string of the molecule is Cc1c([CH]Cc2ccccc2)ccc2ccccc12. The minimum absolute atomic E-state index is 0.986. The van der Waals surface area contributed by atoms with Gasteiger partial charge in [-0.3, -0.25) is 0 Å². The van der Waals surface area contributed by atoms with Crippen LogP contribution in [-0.4, -0.2) is 0 Å². The second-order valence-electron chi connectivity index (χ2n) is 4.89. The molecule has 0 aliphatic carbocycles. The Morgan fingerprint density at radius 1 is 0.789 bits per heavy atom. The fraction of sp³-hybridized carbons (Fsp3) is 0.105. The summed E-state index contributed by atoms with van der Waals surface area (Å²) in [7, 11) is 0. The predicted molar refractivity (Wildman–Crippen MR) is 82.2 cm³/mol. The quantitative estimate of drug-likeness (QED) is 0.613. The van der Waals surface area contributed by atoms with Gasteiger partial charge in [-0.05, 0) is 47.2 Å². The third-order valence-electron chi connectivity index (χ3n) is 3.64. The van der Waals surface area contributed by atoms with E-state index in [4.69, 9.17) is 0 Å². The molecule has 19 heavy (non-hydrogen) atoms. The third-order valence-corrected chi connectivity index (χ3v) is 3.64. The van der Waals surface area contributed by atoms with Crippen molar-refractivity contribution >= 4 is 10.8 Å². The highest BCUT2D eigenvalue weighted by atomic mass is 14.1. The minimum Gasteiger partial charge on any atom is -0.0622 e. The topological polar surface area (TPSA) is 0 Å². The van der Waals surface area contributed by atoms with Gasteiger partial charge in [0, 0.05) is 0 Å². The molecule has 3 rings (SSSR count). The molecule has 0 aliphatic rings. The van der Waals surface area contributed by atoms with E-state index in [2.05, 4.69) is 80.1 Å². The van der Waals surface area contributed by atoms with Crippen LogP contribution in [-0.2, 0) is 6.42 Å². The Hall–Kier alpha value is -2.08. The van der Waals surface area contributed by atoms with Crippen LogP contribution in [0.25, 0.3) is 10.8 Å². The number of aryl methyl sites for hydroxylation is 1. The molecule has 0 heteroatoms. The van der Waals surface area contributed by atoms with Crippen molar-refractivity contribution in [1.82, 2.24) is 0 Å². The van der Waals surface area contributed by atoms with E-state index in [1.54, 1.807) is 0 Å². The van der Waals surface area contributed by atoms with Crippen LogP contribution in [0.1, 0.15) is 16.7 Å². The van der Waals surface area contributed by atoms with Crippen molar-refractivity contribution in [2.75, 3.05) is 0 Å². The van der Waals surface area contributed by atoms with Gasteiger partial charge in [-0.1, -0.05) is 66.7 Å². The molecular formula is C19H17. The first-order chi connectivity index (χ1) is 9.34. The van der Waals surface area contributed by atoms with E-state index >= 15 is 0 Å². The van der Waals surface area contributed by atoms with Crippen LogP contribution in [0.4, 0.5) is 0 Å². The third kappa shape index (κ3) is 2.53. The predicted octanol–water partition coefficient (Wildman–Crippen LogP) is 4.94. The van der Waals surface area contributed by atoms with Gasteiger partial charge in [0.1, 0.15) is 0 Å². The van der Waals surface area contributed by atoms with Gasteiger partial charge in [0.05, 0.1) is 0 Å². The van der Waals surface area contributed by atoms with Gasteiger partial charge < -0.3 is 0 Å². The molecule has 0 nitrogen and oxygen atoms in total. The molecule has 0 bridgehead atoms. The second kappa shape index (κ2) is 5.27. The Bertz CT molecular complexity index is 681. The number of hydrogen-bond acceptors (Lipinski definition) is 0. The lowest BCUT2D eigenvalue weighted by Crippen LogP contribution is -1.92. The molecule has 1 radical (unpaired) electrons. The van der Waals surface area contributed by atoms with E-state index in [9.17, 15) is 0 Å². The van der Waals surface area contributed by atoms with Crippen LogP contribution in [0.15, 0.2) is 66.7 Å². The van der Waals surface area contributed by atoms with Crippen LogP contribution in [0.5, 0.6) is 0 Å². The molecule has 93 valence electrons. The molecule has 0 saturated heterocycles. The molecule has 3 aromatic carbocycles. The summed E-state index contributed by atoms with van der Waals surface area (Å²) in [6.07, 6.45) is 3.30. The molecule has 0 atom stereocenters. The highest BCUT2D eigenvalue weighted by molar-refractivity contribution is 5.86. The molecule has 0 heterocycles. The van der Waals surface area contributed by atoms with Crippen LogP contribution >= 0.6 is 0 Å². The lowest BCUT2D eigenvalue weighted by molar-refractivity contribution is 1.16. The number of benzene rings is 3. The van der Waals surface area contributed by atoms with Crippen molar-refractivity contribution in [1.29, 1.82) is 0 Å². The number of fused-ring (bicyclic) bond motifs is 1. The van der Waals surface area contributed by atoms with E-state index in [0.29, 0.717) is 0 Å². The van der Waals surface area contributed by atoms with E-state index in [-0.39, 0.29) is 0 Å². The second-order valence-corrected chi connectivity index (χ2v) is 4.89. The molecule has 3 aromatic rings. The van der Waals surface area contributed by atoms with Gasteiger partial charge in [0.2, 0.25) is 0 Å². The smallest absolute Gasteiger partial charge is 0.00465 e. The van der Waals surface area contributed by atoms with Gasteiger partial charge in [0.15, 0.2) is 0 Å². The fourth-order valence-electron chi connectivity index (χ4n) is 2.51. The molecule has 0 spiro atoms. The summed E-state index contributed by atoms with van der Waals surface area (Å²) in [5.74, 6) is 0. The Kier molecular flexibility index (Phi) is 3.33. The number of hydrogen-bond donors (Lipinski definition) is 0. The zero-order valence-corrected chi connectivity index (χ0v) is 11.1. The summed E-state index contributed by atoms with van der Waals surface area (Å²) in [5.41, 5.74) is 4.06. The van der Waals surface area contributed by atoms with Gasteiger partial charge in [0.25, 0.3) is 0 Å². The standard InChI is InChI=1S/C19H17/c1-15-17(12-11-16-7-3-2-4-8-16)13-14-18-9-5-6-10-19(15)18/h2-10,12-14H,11H2,1H3. The summed E-state index contributed by atoms with van der Waals surface area (Å²) in [6.45, 7) is 2.21. The maximum absolute atomic E-state index is 2.32. The zero-order valence-electron chi connectivity index (χ0n) is 11.1. The van der Waals surface area contributed by atoms with Crippen LogP contribution in [0, 0.1) is 13.3 Å². The molecule has 0 fully saturated rings.